The number of benzene rings is 1. The summed E-state index contributed by atoms with van der Waals surface area (Å²) in [6.07, 6.45) is 0. The van der Waals surface area contributed by atoms with Crippen LogP contribution in [0.4, 0.5) is 5.69 Å². The summed E-state index contributed by atoms with van der Waals surface area (Å²) in [7, 11) is -3.42. The zero-order valence-electron chi connectivity index (χ0n) is 13.2. The van der Waals surface area contributed by atoms with E-state index in [4.69, 9.17) is 9.05 Å². The Kier molecular flexibility index (Phi) is 7.34. The van der Waals surface area contributed by atoms with E-state index in [1.54, 1.807) is 26.0 Å². The first kappa shape index (κ1) is 19.9. The van der Waals surface area contributed by atoms with Crippen molar-refractivity contribution in [3.8, 4) is 5.75 Å². The molecule has 0 spiro atoms. The topological polar surface area (TPSA) is 67.8 Å². The maximum absolute atomic E-state index is 13.3. The van der Waals surface area contributed by atoms with Crippen LogP contribution in [0.3, 0.4) is 0 Å². The number of phenols is 1. The van der Waals surface area contributed by atoms with E-state index in [1.807, 2.05) is 17.5 Å². The molecule has 2 N–H and O–H groups in total. The van der Waals surface area contributed by atoms with Gasteiger partial charge in [-0.2, -0.15) is 0 Å². The normalized spacial score (nSPS) is 13.0. The number of hydrogen-bond donors (Lipinski definition) is 2. The van der Waals surface area contributed by atoms with E-state index in [9.17, 15) is 9.67 Å². The largest absolute Gasteiger partial charge is 0.506 e. The molecule has 0 saturated heterocycles. The Morgan fingerprint density at radius 2 is 1.83 bits per heavy atom. The highest BCUT2D eigenvalue weighted by molar-refractivity contribution is 9.11. The Balaban J connectivity index is 2.42. The molecule has 0 aliphatic heterocycles. The van der Waals surface area contributed by atoms with Gasteiger partial charge in [0, 0.05) is 10.6 Å². The lowest BCUT2D eigenvalue weighted by atomic mass is 10.3. The number of halogens is 2. The molecule has 132 valence electrons. The van der Waals surface area contributed by atoms with Gasteiger partial charge in [0.05, 0.1) is 22.2 Å². The summed E-state index contributed by atoms with van der Waals surface area (Å²) in [6.45, 7) is 4.13. The lowest BCUT2D eigenvalue weighted by Crippen LogP contribution is -2.14. The molecule has 0 radical (unpaired) electrons. The molecule has 0 fully saturated rings. The number of aromatic hydroxyl groups is 1. The molecule has 9 heteroatoms. The smallest absolute Gasteiger partial charge is 0.358 e. The van der Waals surface area contributed by atoms with Crippen molar-refractivity contribution in [1.29, 1.82) is 0 Å². The predicted molar refractivity (Wildman–Crippen MR) is 105 cm³/mol. The molecule has 1 unspecified atom stereocenters. The first-order valence-electron chi connectivity index (χ1n) is 7.28. The molecule has 5 nitrogen and oxygen atoms in total. The van der Waals surface area contributed by atoms with E-state index < -0.39 is 13.4 Å². The number of anilines is 1. The van der Waals surface area contributed by atoms with Crippen LogP contribution in [0.1, 0.15) is 24.5 Å². The zero-order valence-corrected chi connectivity index (χ0v) is 18.0. The summed E-state index contributed by atoms with van der Waals surface area (Å²) in [4.78, 5) is 0.848. The molecule has 0 saturated carbocycles. The van der Waals surface area contributed by atoms with E-state index in [0.29, 0.717) is 14.6 Å². The minimum absolute atomic E-state index is 0.103. The molecule has 0 amide bonds. The third-order valence-corrected chi connectivity index (χ3v) is 7.66. The second-order valence-electron chi connectivity index (χ2n) is 4.73. The standard InChI is InChI=1S/C15H18Br2NO4PS/c1-3-21-23(20,22-4-2)15(13-6-5-7-24-13)18-10-8-11(16)14(19)12(17)9-10/h5-9,15,18-19H,3-4H2,1-2H3. The highest BCUT2D eigenvalue weighted by atomic mass is 79.9. The molecule has 2 rings (SSSR count). The Hall–Kier alpha value is -0.370. The SMILES string of the molecule is CCOP(=O)(OCC)C(Nc1cc(Br)c(O)c(Br)c1)c1cccs1. The maximum Gasteiger partial charge on any atom is 0.358 e. The number of phenolic OH excluding ortho intramolecular Hbond substituents is 1. The van der Waals surface area contributed by atoms with Gasteiger partial charge >= 0.3 is 7.60 Å². The first-order valence-corrected chi connectivity index (χ1v) is 11.4. The van der Waals surface area contributed by atoms with Crippen LogP contribution < -0.4 is 5.32 Å². The zero-order chi connectivity index (χ0) is 17.7. The Morgan fingerprint density at radius 3 is 2.29 bits per heavy atom. The van der Waals surface area contributed by atoms with Crippen molar-refractivity contribution in [1.82, 2.24) is 0 Å². The van der Waals surface area contributed by atoms with Gasteiger partial charge in [-0.3, -0.25) is 4.57 Å². The monoisotopic (exact) mass is 497 g/mol. The molecule has 1 heterocycles. The minimum Gasteiger partial charge on any atom is -0.506 e. The molecule has 0 bridgehead atoms. The van der Waals surface area contributed by atoms with Crippen molar-refractivity contribution >= 4 is 56.5 Å². The molecule has 1 atom stereocenters. The fourth-order valence-electron chi connectivity index (χ4n) is 2.11. The van der Waals surface area contributed by atoms with E-state index in [2.05, 4.69) is 37.2 Å². The van der Waals surface area contributed by atoms with Gasteiger partial charge in [0.25, 0.3) is 0 Å². The fraction of sp³-hybridized carbons (Fsp3) is 0.333. The van der Waals surface area contributed by atoms with E-state index in [1.165, 1.54) is 11.3 Å². The summed E-state index contributed by atoms with van der Waals surface area (Å²) >= 11 is 8.07. The Morgan fingerprint density at radius 1 is 1.25 bits per heavy atom. The lowest BCUT2D eigenvalue weighted by molar-refractivity contribution is 0.214. The van der Waals surface area contributed by atoms with Crippen molar-refractivity contribution in [3.63, 3.8) is 0 Å². The van der Waals surface area contributed by atoms with Crippen LogP contribution in [0.2, 0.25) is 0 Å². The van der Waals surface area contributed by atoms with Crippen LogP contribution in [0, 0.1) is 0 Å². The molecule has 1 aromatic heterocycles. The van der Waals surface area contributed by atoms with Crippen LogP contribution in [0.5, 0.6) is 5.75 Å². The van der Waals surface area contributed by atoms with E-state index in [0.717, 1.165) is 4.88 Å². The first-order chi connectivity index (χ1) is 11.4. The highest BCUT2D eigenvalue weighted by Crippen LogP contribution is 2.61. The van der Waals surface area contributed by atoms with Gasteiger partial charge in [0.2, 0.25) is 0 Å². The molecule has 24 heavy (non-hydrogen) atoms. The van der Waals surface area contributed by atoms with Crippen LogP contribution in [0.25, 0.3) is 0 Å². The van der Waals surface area contributed by atoms with Crippen molar-refractivity contribution < 1.29 is 18.7 Å². The fourth-order valence-corrected chi connectivity index (χ4v) is 6.32. The summed E-state index contributed by atoms with van der Waals surface area (Å²) in [5.74, 6) is -0.535. The van der Waals surface area contributed by atoms with Crippen LogP contribution in [0.15, 0.2) is 38.6 Å². The van der Waals surface area contributed by atoms with Gasteiger partial charge < -0.3 is 19.5 Å². The molecular formula is C15H18Br2NO4PS. The van der Waals surface area contributed by atoms with Crippen molar-refractivity contribution in [3.05, 3.63) is 43.5 Å². The Labute approximate surface area is 162 Å². The average Bonchev–Trinajstić information content (AvgIpc) is 3.04. The molecule has 2 aromatic rings. The summed E-state index contributed by atoms with van der Waals surface area (Å²) in [5, 5.41) is 15.0. The van der Waals surface area contributed by atoms with Gasteiger partial charge in [-0.15, -0.1) is 11.3 Å². The molecular weight excluding hydrogens is 481 g/mol. The van der Waals surface area contributed by atoms with Crippen LogP contribution >= 0.6 is 50.8 Å². The van der Waals surface area contributed by atoms with Gasteiger partial charge in [0.15, 0.2) is 5.78 Å². The number of thiophene rings is 1. The second kappa shape index (κ2) is 8.83. The van der Waals surface area contributed by atoms with Gasteiger partial charge in [0.1, 0.15) is 5.75 Å². The number of nitrogens with one attached hydrogen (secondary N) is 1. The third-order valence-electron chi connectivity index (χ3n) is 3.07. The summed E-state index contributed by atoms with van der Waals surface area (Å²) in [6, 6.07) is 7.20. The predicted octanol–water partition coefficient (Wildman–Crippen LogP) is 6.36. The van der Waals surface area contributed by atoms with Crippen molar-refractivity contribution in [2.24, 2.45) is 0 Å². The van der Waals surface area contributed by atoms with Crippen molar-refractivity contribution in [2.75, 3.05) is 18.5 Å². The summed E-state index contributed by atoms with van der Waals surface area (Å²) < 4.78 is 25.4. The molecule has 1 aromatic carbocycles. The second-order valence-corrected chi connectivity index (χ2v) is 9.53. The highest BCUT2D eigenvalue weighted by Gasteiger charge is 2.37. The lowest BCUT2D eigenvalue weighted by Gasteiger charge is -2.27. The maximum atomic E-state index is 13.3. The van der Waals surface area contributed by atoms with Gasteiger partial charge in [-0.05, 0) is 69.3 Å². The minimum atomic E-state index is -3.42. The molecule has 0 aliphatic rings. The molecule has 0 aliphatic carbocycles. The van der Waals surface area contributed by atoms with Crippen LogP contribution in [-0.4, -0.2) is 18.3 Å². The van der Waals surface area contributed by atoms with Crippen molar-refractivity contribution in [2.45, 2.75) is 19.6 Å². The van der Waals surface area contributed by atoms with Gasteiger partial charge in [-0.25, -0.2) is 0 Å². The number of hydrogen-bond acceptors (Lipinski definition) is 6. The number of rotatable bonds is 8. The van der Waals surface area contributed by atoms with Gasteiger partial charge in [-0.1, -0.05) is 6.07 Å². The Bertz CT molecular complexity index is 693. The quantitative estimate of drug-likeness (QED) is 0.327. The summed E-state index contributed by atoms with van der Waals surface area (Å²) in [5.41, 5.74) is 0.671. The van der Waals surface area contributed by atoms with E-state index >= 15 is 0 Å². The average molecular weight is 499 g/mol. The third kappa shape index (κ3) is 4.62. The van der Waals surface area contributed by atoms with Crippen LogP contribution in [-0.2, 0) is 13.6 Å². The van der Waals surface area contributed by atoms with E-state index in [-0.39, 0.29) is 19.0 Å².